The lowest BCUT2D eigenvalue weighted by Crippen LogP contribution is -1.82. The van der Waals surface area contributed by atoms with Gasteiger partial charge in [-0.25, -0.2) is 4.89 Å². The van der Waals surface area contributed by atoms with Gasteiger partial charge in [0.2, 0.25) is 0 Å². The Hall–Kier alpha value is -1.07. The molecule has 2 nitrogen and oxygen atoms in total. The van der Waals surface area contributed by atoms with Gasteiger partial charge in [-0.05, 0) is 47.9 Å². The molecule has 0 bridgehead atoms. The second-order valence-corrected chi connectivity index (χ2v) is 5.91. The van der Waals surface area contributed by atoms with Crippen molar-refractivity contribution in [3.05, 3.63) is 64.1 Å². The van der Waals surface area contributed by atoms with Crippen molar-refractivity contribution in [2.45, 2.75) is 11.8 Å². The van der Waals surface area contributed by atoms with Crippen LogP contribution >= 0.6 is 28.0 Å². The van der Waals surface area contributed by atoms with E-state index in [9.17, 15) is 0 Å². The van der Waals surface area contributed by atoms with Gasteiger partial charge < -0.3 is 0 Å². The number of rotatable bonds is 5. The smallest absolute Gasteiger partial charge is 0.0725 e. The van der Waals surface area contributed by atoms with Crippen LogP contribution in [0, 0.1) is 0 Å². The van der Waals surface area contributed by atoms with E-state index in [1.165, 1.54) is 35.9 Å². The summed E-state index contributed by atoms with van der Waals surface area (Å²) < 4.78 is 5.91. The predicted octanol–water partition coefficient (Wildman–Crippen LogP) is 5.59. The van der Waals surface area contributed by atoms with E-state index in [-0.39, 0.29) is 0 Å². The molecule has 20 heavy (non-hydrogen) atoms. The molecule has 0 aliphatic heterocycles. The monoisotopic (exact) mass is 350 g/mol. The van der Waals surface area contributed by atoms with Gasteiger partial charge in [0.05, 0.1) is 19.2 Å². The normalized spacial score (nSPS) is 11.7. The minimum absolute atomic E-state index is 1.01. The first-order valence-electron chi connectivity index (χ1n) is 6.10. The van der Waals surface area contributed by atoms with Crippen LogP contribution in [0.3, 0.4) is 0 Å². The van der Waals surface area contributed by atoms with Gasteiger partial charge in [-0.3, -0.25) is 0 Å². The van der Waals surface area contributed by atoms with Gasteiger partial charge >= 0.3 is 0 Å². The van der Waals surface area contributed by atoms with Crippen molar-refractivity contribution in [1.29, 1.82) is 0 Å². The molecule has 0 spiro atoms. The quantitative estimate of drug-likeness (QED) is 0.303. The Balaban J connectivity index is 2.14. The third-order valence-electron chi connectivity index (χ3n) is 2.74. The lowest BCUT2D eigenvalue weighted by Gasteiger charge is -2.04. The van der Waals surface area contributed by atoms with Crippen LogP contribution in [-0.2, 0) is 9.22 Å². The highest BCUT2D eigenvalue weighted by Crippen LogP contribution is 2.24. The van der Waals surface area contributed by atoms with E-state index in [1.807, 2.05) is 24.3 Å². The second-order valence-electron chi connectivity index (χ2n) is 4.22. The average molecular weight is 351 g/mol. The van der Waals surface area contributed by atoms with Crippen molar-refractivity contribution in [3.8, 4) is 0 Å². The second kappa shape index (κ2) is 7.64. The minimum atomic E-state index is 1.01. The molecule has 0 saturated heterocycles. The molecule has 0 fully saturated rings. The van der Waals surface area contributed by atoms with Crippen LogP contribution in [-0.4, -0.2) is 7.11 Å². The Morgan fingerprint density at radius 2 is 1.90 bits per heavy atom. The molecule has 0 saturated carbocycles. The molecule has 2 aromatic carbocycles. The number of halogens is 1. The topological polar surface area (TPSA) is 18.5 Å². The Labute approximate surface area is 132 Å². The third-order valence-corrected chi connectivity index (χ3v) is 3.90. The molecule has 2 rings (SSSR count). The highest BCUT2D eigenvalue weighted by molar-refractivity contribution is 9.10. The van der Waals surface area contributed by atoms with Crippen LogP contribution in [0.15, 0.2) is 57.9 Å². The Morgan fingerprint density at radius 1 is 1.15 bits per heavy atom. The molecule has 2 aromatic rings. The van der Waals surface area contributed by atoms with E-state index in [0.29, 0.717) is 0 Å². The maximum Gasteiger partial charge on any atom is 0.0725 e. The zero-order valence-corrected chi connectivity index (χ0v) is 13.7. The lowest BCUT2D eigenvalue weighted by atomic mass is 10.0. The zero-order valence-electron chi connectivity index (χ0n) is 11.3. The standard InChI is InChI=1S/C16H15BrO2S/c1-12(10-13-4-3-5-15(17)11-13)14-6-8-16(9-7-14)20-19-18-2/h3-11H,1-2H3/b12-10+. The lowest BCUT2D eigenvalue weighted by molar-refractivity contribution is -0.160. The average Bonchev–Trinajstić information content (AvgIpc) is 2.45. The van der Waals surface area contributed by atoms with Gasteiger partial charge in [0.15, 0.2) is 0 Å². The van der Waals surface area contributed by atoms with Crippen LogP contribution in [0.4, 0.5) is 0 Å². The Kier molecular flexibility index (Phi) is 5.86. The molecule has 0 amide bonds. The molecule has 0 heterocycles. The number of hydrogen-bond donors (Lipinski definition) is 0. The number of hydrogen-bond acceptors (Lipinski definition) is 3. The summed E-state index contributed by atoms with van der Waals surface area (Å²) >= 11 is 4.68. The van der Waals surface area contributed by atoms with E-state index >= 15 is 0 Å². The summed E-state index contributed by atoms with van der Waals surface area (Å²) in [5, 5.41) is 0. The van der Waals surface area contributed by atoms with Gasteiger partial charge in [0, 0.05) is 9.37 Å². The molecule has 4 heteroatoms. The molecule has 0 N–H and O–H groups in total. The Bertz CT molecular complexity index is 594. The van der Waals surface area contributed by atoms with Crippen LogP contribution < -0.4 is 0 Å². The van der Waals surface area contributed by atoms with Crippen molar-refractivity contribution in [3.63, 3.8) is 0 Å². The number of benzene rings is 2. The van der Waals surface area contributed by atoms with E-state index in [1.54, 1.807) is 0 Å². The van der Waals surface area contributed by atoms with Crippen LogP contribution in [0.25, 0.3) is 11.6 Å². The molecule has 0 unspecified atom stereocenters. The molecule has 0 atom stereocenters. The molecule has 104 valence electrons. The fraction of sp³-hybridized carbons (Fsp3) is 0.125. The zero-order chi connectivity index (χ0) is 14.4. The summed E-state index contributed by atoms with van der Waals surface area (Å²) in [4.78, 5) is 5.57. The minimum Gasteiger partial charge on any atom is -0.227 e. The summed E-state index contributed by atoms with van der Waals surface area (Å²) in [5.41, 5.74) is 3.58. The number of allylic oxidation sites excluding steroid dienone is 1. The van der Waals surface area contributed by atoms with Crippen LogP contribution in [0.2, 0.25) is 0 Å². The van der Waals surface area contributed by atoms with Gasteiger partial charge in [0.1, 0.15) is 0 Å². The van der Waals surface area contributed by atoms with Crippen molar-refractivity contribution < 1.29 is 9.22 Å². The molecular formula is C16H15BrO2S. The highest BCUT2D eigenvalue weighted by atomic mass is 79.9. The van der Waals surface area contributed by atoms with Crippen LogP contribution in [0.1, 0.15) is 18.1 Å². The van der Waals surface area contributed by atoms with Crippen molar-refractivity contribution in [1.82, 2.24) is 0 Å². The summed E-state index contributed by atoms with van der Waals surface area (Å²) in [6.07, 6.45) is 2.17. The summed E-state index contributed by atoms with van der Waals surface area (Å²) in [6.45, 7) is 2.11. The third kappa shape index (κ3) is 4.49. The molecule has 0 radical (unpaired) electrons. The molecular weight excluding hydrogens is 336 g/mol. The first kappa shape index (κ1) is 15.3. The van der Waals surface area contributed by atoms with E-state index in [2.05, 4.69) is 58.1 Å². The van der Waals surface area contributed by atoms with E-state index in [0.717, 1.165) is 9.37 Å². The largest absolute Gasteiger partial charge is 0.227 e. The summed E-state index contributed by atoms with van der Waals surface area (Å²) in [7, 11) is 1.49. The maximum absolute atomic E-state index is 4.83. The van der Waals surface area contributed by atoms with Crippen molar-refractivity contribution >= 4 is 39.6 Å². The molecule has 0 aliphatic rings. The Morgan fingerprint density at radius 3 is 2.55 bits per heavy atom. The highest BCUT2D eigenvalue weighted by Gasteiger charge is 1.99. The van der Waals surface area contributed by atoms with E-state index < -0.39 is 0 Å². The fourth-order valence-corrected chi connectivity index (χ4v) is 2.59. The molecule has 0 aromatic heterocycles. The summed E-state index contributed by atoms with van der Waals surface area (Å²) in [6, 6.07) is 16.4. The fourth-order valence-electron chi connectivity index (χ4n) is 1.78. The van der Waals surface area contributed by atoms with Gasteiger partial charge in [-0.1, -0.05) is 46.3 Å². The van der Waals surface area contributed by atoms with Crippen LogP contribution in [0.5, 0.6) is 0 Å². The first-order valence-corrected chi connectivity index (χ1v) is 7.64. The van der Waals surface area contributed by atoms with Gasteiger partial charge in [0.25, 0.3) is 0 Å². The van der Waals surface area contributed by atoms with Gasteiger partial charge in [-0.15, -0.1) is 0 Å². The first-order chi connectivity index (χ1) is 9.69. The molecule has 0 aliphatic carbocycles. The SMILES string of the molecule is COOSc1ccc(/C(C)=C/c2cccc(Br)c2)cc1. The van der Waals surface area contributed by atoms with Crippen molar-refractivity contribution in [2.75, 3.05) is 7.11 Å². The van der Waals surface area contributed by atoms with Gasteiger partial charge in [-0.2, -0.15) is 4.33 Å². The summed E-state index contributed by atoms with van der Waals surface area (Å²) in [5.74, 6) is 0. The predicted molar refractivity (Wildman–Crippen MR) is 88.1 cm³/mol. The van der Waals surface area contributed by atoms with E-state index in [4.69, 9.17) is 4.33 Å². The van der Waals surface area contributed by atoms with Crippen molar-refractivity contribution in [2.24, 2.45) is 0 Å². The maximum atomic E-state index is 4.83.